The normalized spacial score (nSPS) is 11.3. The monoisotopic (exact) mass is 230 g/mol. The Balaban J connectivity index is 3.23. The van der Waals surface area contributed by atoms with Crippen LogP contribution in [0.25, 0.3) is 0 Å². The van der Waals surface area contributed by atoms with Gasteiger partial charge in [-0.15, -0.1) is 0 Å². The minimum Gasteiger partial charge on any atom is -0.398 e. The fourth-order valence-corrected chi connectivity index (χ4v) is 1.78. The Morgan fingerprint density at radius 1 is 1.40 bits per heavy atom. The van der Waals surface area contributed by atoms with Crippen LogP contribution in [0.3, 0.4) is 0 Å². The molecule has 1 aromatic rings. The molecule has 0 atom stereocenters. The first-order valence-electron chi connectivity index (χ1n) is 3.95. The molecule has 82 valence electrons. The molecule has 0 saturated heterocycles. The SMILES string of the molecule is NC(=O)Cc1ccc(N)c(S(=O)(=O)O)c1. The summed E-state index contributed by atoms with van der Waals surface area (Å²) in [5.41, 5.74) is 10.6. The summed E-state index contributed by atoms with van der Waals surface area (Å²) in [6.45, 7) is 0. The van der Waals surface area contributed by atoms with E-state index in [4.69, 9.17) is 16.0 Å². The van der Waals surface area contributed by atoms with E-state index in [1.165, 1.54) is 12.1 Å². The van der Waals surface area contributed by atoms with Gasteiger partial charge < -0.3 is 11.5 Å². The van der Waals surface area contributed by atoms with Crippen molar-refractivity contribution in [2.24, 2.45) is 5.73 Å². The van der Waals surface area contributed by atoms with Crippen LogP contribution in [0, 0.1) is 0 Å². The molecule has 0 aliphatic carbocycles. The molecule has 1 amide bonds. The lowest BCUT2D eigenvalue weighted by Gasteiger charge is -2.04. The topological polar surface area (TPSA) is 123 Å². The summed E-state index contributed by atoms with van der Waals surface area (Å²) in [7, 11) is -4.37. The highest BCUT2D eigenvalue weighted by Gasteiger charge is 2.14. The maximum atomic E-state index is 10.9. The van der Waals surface area contributed by atoms with Gasteiger partial charge in [-0.05, 0) is 17.7 Å². The molecule has 7 heteroatoms. The standard InChI is InChI=1S/C8H10N2O4S/c9-6-2-1-5(4-8(10)11)3-7(6)15(12,13)14/h1-3H,4,9H2,(H2,10,11)(H,12,13,14). The highest BCUT2D eigenvalue weighted by Crippen LogP contribution is 2.19. The predicted molar refractivity (Wildman–Crippen MR) is 53.6 cm³/mol. The highest BCUT2D eigenvalue weighted by molar-refractivity contribution is 7.86. The third-order valence-corrected chi connectivity index (χ3v) is 2.64. The lowest BCUT2D eigenvalue weighted by atomic mass is 10.1. The Morgan fingerprint density at radius 3 is 2.47 bits per heavy atom. The third kappa shape index (κ3) is 2.93. The quantitative estimate of drug-likeness (QED) is 0.479. The van der Waals surface area contributed by atoms with E-state index in [9.17, 15) is 13.2 Å². The maximum Gasteiger partial charge on any atom is 0.296 e. The molecule has 0 fully saturated rings. The Bertz CT molecular complexity index is 495. The van der Waals surface area contributed by atoms with Crippen LogP contribution < -0.4 is 11.5 Å². The van der Waals surface area contributed by atoms with Crippen LogP contribution in [0.5, 0.6) is 0 Å². The van der Waals surface area contributed by atoms with E-state index in [1.807, 2.05) is 0 Å². The maximum absolute atomic E-state index is 10.9. The minimum absolute atomic E-state index is 0.0780. The van der Waals surface area contributed by atoms with Crippen molar-refractivity contribution in [1.82, 2.24) is 0 Å². The van der Waals surface area contributed by atoms with Crippen molar-refractivity contribution in [3.05, 3.63) is 23.8 Å². The van der Waals surface area contributed by atoms with Crippen LogP contribution in [0.2, 0.25) is 0 Å². The largest absolute Gasteiger partial charge is 0.398 e. The summed E-state index contributed by atoms with van der Waals surface area (Å²) in [5.74, 6) is -0.596. The third-order valence-electron chi connectivity index (χ3n) is 1.73. The van der Waals surface area contributed by atoms with E-state index >= 15 is 0 Å². The fourth-order valence-electron chi connectivity index (χ4n) is 1.11. The number of amides is 1. The number of hydrogen-bond acceptors (Lipinski definition) is 4. The van der Waals surface area contributed by atoms with Gasteiger partial charge >= 0.3 is 0 Å². The molecule has 0 spiro atoms. The Morgan fingerprint density at radius 2 is 2.00 bits per heavy atom. The number of primary amides is 1. The molecule has 15 heavy (non-hydrogen) atoms. The zero-order valence-corrected chi connectivity index (χ0v) is 8.49. The second kappa shape index (κ2) is 3.87. The predicted octanol–water partition coefficient (Wildman–Crippen LogP) is -0.457. The molecule has 0 aliphatic rings. The van der Waals surface area contributed by atoms with Gasteiger partial charge in [-0.1, -0.05) is 6.07 Å². The van der Waals surface area contributed by atoms with E-state index in [2.05, 4.69) is 0 Å². The van der Waals surface area contributed by atoms with Gasteiger partial charge in [0.25, 0.3) is 10.1 Å². The van der Waals surface area contributed by atoms with Crippen molar-refractivity contribution in [3.63, 3.8) is 0 Å². The van der Waals surface area contributed by atoms with E-state index in [-0.39, 0.29) is 12.1 Å². The summed E-state index contributed by atoms with van der Waals surface area (Å²) in [4.78, 5) is 10.2. The van der Waals surface area contributed by atoms with E-state index in [1.54, 1.807) is 0 Å². The molecule has 6 nitrogen and oxygen atoms in total. The summed E-state index contributed by atoms with van der Waals surface area (Å²) < 4.78 is 30.5. The van der Waals surface area contributed by atoms with Crippen molar-refractivity contribution in [2.75, 3.05) is 5.73 Å². The summed E-state index contributed by atoms with van der Waals surface area (Å²) in [5, 5.41) is 0. The Kier molecular flexibility index (Phi) is 2.96. The molecule has 0 radical (unpaired) electrons. The van der Waals surface area contributed by atoms with Gasteiger partial charge in [-0.2, -0.15) is 8.42 Å². The van der Waals surface area contributed by atoms with Crippen LogP contribution in [-0.2, 0) is 21.3 Å². The van der Waals surface area contributed by atoms with E-state index in [0.29, 0.717) is 5.56 Å². The molecule has 0 heterocycles. The molecule has 0 unspecified atom stereocenters. The summed E-state index contributed by atoms with van der Waals surface area (Å²) in [6.07, 6.45) is -0.108. The molecule has 0 bridgehead atoms. The number of carbonyl (C=O) groups is 1. The van der Waals surface area contributed by atoms with Crippen LogP contribution in [0.4, 0.5) is 5.69 Å². The van der Waals surface area contributed by atoms with Gasteiger partial charge in [0.15, 0.2) is 0 Å². The minimum atomic E-state index is -4.37. The zero-order chi connectivity index (χ0) is 11.6. The van der Waals surface area contributed by atoms with Crippen LogP contribution in [0.1, 0.15) is 5.56 Å². The van der Waals surface area contributed by atoms with E-state index < -0.39 is 20.9 Å². The smallest absolute Gasteiger partial charge is 0.296 e. The van der Waals surface area contributed by atoms with Crippen molar-refractivity contribution in [3.8, 4) is 0 Å². The average Bonchev–Trinajstić information content (AvgIpc) is 2.05. The van der Waals surface area contributed by atoms with Crippen molar-refractivity contribution in [2.45, 2.75) is 11.3 Å². The molecule has 0 aliphatic heterocycles. The molecular formula is C8H10N2O4S. The van der Waals surface area contributed by atoms with Crippen molar-refractivity contribution < 1.29 is 17.8 Å². The molecule has 0 aromatic heterocycles. The van der Waals surface area contributed by atoms with Crippen LogP contribution in [-0.4, -0.2) is 18.9 Å². The molecule has 1 aromatic carbocycles. The Labute approximate surface area is 86.6 Å². The molecule has 5 N–H and O–H groups in total. The number of benzene rings is 1. The lowest BCUT2D eigenvalue weighted by Crippen LogP contribution is -2.14. The fraction of sp³-hybridized carbons (Fsp3) is 0.125. The van der Waals surface area contributed by atoms with Gasteiger partial charge in [-0.25, -0.2) is 0 Å². The molecule has 1 rings (SSSR count). The van der Waals surface area contributed by atoms with Gasteiger partial charge in [0.1, 0.15) is 4.90 Å². The first-order chi connectivity index (χ1) is 6.80. The van der Waals surface area contributed by atoms with Crippen molar-refractivity contribution in [1.29, 1.82) is 0 Å². The highest BCUT2D eigenvalue weighted by atomic mass is 32.2. The number of rotatable bonds is 3. The van der Waals surface area contributed by atoms with Gasteiger partial charge in [-0.3, -0.25) is 9.35 Å². The first-order valence-corrected chi connectivity index (χ1v) is 5.39. The summed E-state index contributed by atoms with van der Waals surface area (Å²) >= 11 is 0. The van der Waals surface area contributed by atoms with Gasteiger partial charge in [0.05, 0.1) is 12.1 Å². The molecular weight excluding hydrogens is 220 g/mol. The molecule has 0 saturated carbocycles. The second-order valence-corrected chi connectivity index (χ2v) is 4.38. The second-order valence-electron chi connectivity index (χ2n) is 2.99. The average molecular weight is 230 g/mol. The van der Waals surface area contributed by atoms with E-state index in [0.717, 1.165) is 6.07 Å². The number of nitrogens with two attached hydrogens (primary N) is 2. The summed E-state index contributed by atoms with van der Waals surface area (Å²) in [6, 6.07) is 3.88. The van der Waals surface area contributed by atoms with Gasteiger partial charge in [0, 0.05) is 0 Å². The number of anilines is 1. The first kappa shape index (κ1) is 11.5. The van der Waals surface area contributed by atoms with Crippen LogP contribution >= 0.6 is 0 Å². The van der Waals surface area contributed by atoms with Crippen LogP contribution in [0.15, 0.2) is 23.1 Å². The zero-order valence-electron chi connectivity index (χ0n) is 7.67. The lowest BCUT2D eigenvalue weighted by molar-refractivity contribution is -0.117. The van der Waals surface area contributed by atoms with Gasteiger partial charge in [0.2, 0.25) is 5.91 Å². The number of nitrogen functional groups attached to an aromatic ring is 1. The number of hydrogen-bond donors (Lipinski definition) is 3. The Hall–Kier alpha value is -1.60. The van der Waals surface area contributed by atoms with Crippen molar-refractivity contribution >= 4 is 21.7 Å². The number of carbonyl (C=O) groups excluding carboxylic acids is 1.